The van der Waals surface area contributed by atoms with Crippen molar-refractivity contribution in [2.75, 3.05) is 25.3 Å². The highest BCUT2D eigenvalue weighted by molar-refractivity contribution is 7.99. The normalized spacial score (nSPS) is 15.4. The number of thioether (sulfide) groups is 1. The van der Waals surface area contributed by atoms with Crippen molar-refractivity contribution in [1.29, 1.82) is 0 Å². The first kappa shape index (κ1) is 18.7. The third kappa shape index (κ3) is 3.57. The standard InChI is InChI=1S/C18H17N3O5S/c1-4-5-27-18-20-16-14(17(24)21-18)10(8-13(22)19-16)9-6-11(25-2)15(23)12(7-9)26-3/h1,6-7,10,23H,5,8H2,2-3H3,(H2,19,20,21,22,24)/t10-/m0/s1. The van der Waals surface area contributed by atoms with Crippen molar-refractivity contribution < 1.29 is 19.4 Å². The van der Waals surface area contributed by atoms with Gasteiger partial charge >= 0.3 is 0 Å². The first-order valence-corrected chi connectivity index (χ1v) is 8.92. The second kappa shape index (κ2) is 7.63. The number of hydrogen-bond donors (Lipinski definition) is 3. The van der Waals surface area contributed by atoms with E-state index >= 15 is 0 Å². The van der Waals surface area contributed by atoms with Gasteiger partial charge in [-0.15, -0.1) is 6.42 Å². The summed E-state index contributed by atoms with van der Waals surface area (Å²) < 4.78 is 10.3. The largest absolute Gasteiger partial charge is 0.502 e. The molecule has 1 aromatic heterocycles. The number of ether oxygens (including phenoxy) is 2. The number of nitrogens with one attached hydrogen (secondary N) is 2. The van der Waals surface area contributed by atoms with Crippen LogP contribution in [0.5, 0.6) is 17.2 Å². The van der Waals surface area contributed by atoms with E-state index in [0.717, 1.165) is 0 Å². The number of rotatable bonds is 5. The number of phenolic OH excluding ortho intramolecular Hbond substituents is 1. The van der Waals surface area contributed by atoms with Crippen LogP contribution in [0.25, 0.3) is 0 Å². The van der Waals surface area contributed by atoms with E-state index in [1.807, 2.05) is 0 Å². The number of aromatic amines is 1. The number of amides is 1. The van der Waals surface area contributed by atoms with E-state index in [4.69, 9.17) is 15.9 Å². The number of fused-ring (bicyclic) bond motifs is 1. The van der Waals surface area contributed by atoms with Crippen molar-refractivity contribution in [3.8, 4) is 29.6 Å². The van der Waals surface area contributed by atoms with Gasteiger partial charge in [0.1, 0.15) is 5.82 Å². The smallest absolute Gasteiger partial charge is 0.257 e. The summed E-state index contributed by atoms with van der Waals surface area (Å²) in [6.07, 6.45) is 5.28. The van der Waals surface area contributed by atoms with Crippen LogP contribution < -0.4 is 20.3 Å². The molecule has 1 aliphatic rings. The number of carbonyl (C=O) groups is 1. The van der Waals surface area contributed by atoms with Crippen LogP contribution in [0.4, 0.5) is 5.82 Å². The molecule has 0 fully saturated rings. The van der Waals surface area contributed by atoms with E-state index in [2.05, 4.69) is 21.2 Å². The predicted octanol–water partition coefficient (Wildman–Crippen LogP) is 1.69. The molecule has 8 nitrogen and oxygen atoms in total. The molecule has 0 aliphatic carbocycles. The second-order valence-electron chi connectivity index (χ2n) is 5.71. The number of carbonyl (C=O) groups excluding carboxylic acids is 1. The fourth-order valence-corrected chi connectivity index (χ4v) is 3.47. The molecule has 3 rings (SSSR count). The number of aromatic hydroxyl groups is 1. The van der Waals surface area contributed by atoms with Gasteiger partial charge in [0, 0.05) is 12.3 Å². The van der Waals surface area contributed by atoms with Crippen LogP contribution in [0.1, 0.15) is 23.5 Å². The fourth-order valence-electron chi connectivity index (χ4n) is 2.93. The molecule has 1 aromatic carbocycles. The molecule has 1 aliphatic heterocycles. The Hall–Kier alpha value is -3.12. The van der Waals surface area contributed by atoms with Gasteiger partial charge in [-0.2, -0.15) is 0 Å². The maximum Gasteiger partial charge on any atom is 0.257 e. The molecule has 9 heteroatoms. The fraction of sp³-hybridized carbons (Fsp3) is 0.278. The molecule has 0 bridgehead atoms. The summed E-state index contributed by atoms with van der Waals surface area (Å²) in [5, 5.41) is 13.1. The Morgan fingerprint density at radius 3 is 2.59 bits per heavy atom. The number of anilines is 1. The van der Waals surface area contributed by atoms with Crippen LogP contribution >= 0.6 is 11.8 Å². The maximum absolute atomic E-state index is 12.7. The van der Waals surface area contributed by atoms with Crippen molar-refractivity contribution in [2.45, 2.75) is 17.5 Å². The van der Waals surface area contributed by atoms with Crippen molar-refractivity contribution in [3.05, 3.63) is 33.6 Å². The molecular weight excluding hydrogens is 370 g/mol. The molecular formula is C18H17N3O5S. The van der Waals surface area contributed by atoms with E-state index in [0.29, 0.717) is 22.0 Å². The Balaban J connectivity index is 2.13. The van der Waals surface area contributed by atoms with Crippen LogP contribution in [0.15, 0.2) is 22.1 Å². The number of aromatic nitrogens is 2. The van der Waals surface area contributed by atoms with Gasteiger partial charge < -0.3 is 24.9 Å². The lowest BCUT2D eigenvalue weighted by molar-refractivity contribution is -0.116. The average molecular weight is 387 g/mol. The molecule has 3 N–H and O–H groups in total. The molecule has 2 heterocycles. The Bertz CT molecular complexity index is 970. The van der Waals surface area contributed by atoms with E-state index in [1.165, 1.54) is 26.0 Å². The number of nitrogens with zero attached hydrogens (tertiary/aromatic N) is 1. The number of hydrogen-bond acceptors (Lipinski definition) is 7. The lowest BCUT2D eigenvalue weighted by Crippen LogP contribution is -2.31. The zero-order valence-corrected chi connectivity index (χ0v) is 15.5. The minimum Gasteiger partial charge on any atom is -0.502 e. The van der Waals surface area contributed by atoms with Gasteiger partial charge in [-0.05, 0) is 17.7 Å². The molecule has 0 spiro atoms. The molecule has 0 saturated heterocycles. The highest BCUT2D eigenvalue weighted by atomic mass is 32.2. The van der Waals surface area contributed by atoms with E-state index < -0.39 is 5.92 Å². The quantitative estimate of drug-likeness (QED) is 0.406. The third-order valence-corrected chi connectivity index (χ3v) is 4.90. The van der Waals surface area contributed by atoms with Gasteiger partial charge in [-0.3, -0.25) is 9.59 Å². The van der Waals surface area contributed by atoms with Crippen LogP contribution in [-0.2, 0) is 4.79 Å². The monoisotopic (exact) mass is 387 g/mol. The van der Waals surface area contributed by atoms with Crippen molar-refractivity contribution >= 4 is 23.5 Å². The van der Waals surface area contributed by atoms with Gasteiger partial charge in [0.2, 0.25) is 11.7 Å². The molecule has 2 aromatic rings. The summed E-state index contributed by atoms with van der Waals surface area (Å²) in [7, 11) is 2.81. The minimum absolute atomic E-state index is 0.0473. The first-order chi connectivity index (χ1) is 13.0. The zero-order chi connectivity index (χ0) is 19.6. The molecule has 140 valence electrons. The summed E-state index contributed by atoms with van der Waals surface area (Å²) >= 11 is 1.19. The van der Waals surface area contributed by atoms with Gasteiger partial charge in [0.05, 0.1) is 25.5 Å². The Morgan fingerprint density at radius 2 is 2.00 bits per heavy atom. The van der Waals surface area contributed by atoms with Gasteiger partial charge in [-0.25, -0.2) is 4.98 Å². The molecule has 0 saturated carbocycles. The minimum atomic E-state index is -0.569. The molecule has 0 unspecified atom stereocenters. The Labute approximate surface area is 159 Å². The van der Waals surface area contributed by atoms with E-state index in [9.17, 15) is 14.7 Å². The van der Waals surface area contributed by atoms with E-state index in [1.54, 1.807) is 12.1 Å². The number of phenols is 1. The van der Waals surface area contributed by atoms with Crippen LogP contribution in [0.3, 0.4) is 0 Å². The second-order valence-corrected chi connectivity index (χ2v) is 6.67. The van der Waals surface area contributed by atoms with Crippen molar-refractivity contribution in [3.63, 3.8) is 0 Å². The van der Waals surface area contributed by atoms with Crippen molar-refractivity contribution in [1.82, 2.24) is 9.97 Å². The van der Waals surface area contributed by atoms with Crippen LogP contribution in [-0.4, -0.2) is 41.0 Å². The third-order valence-electron chi connectivity index (χ3n) is 4.13. The highest BCUT2D eigenvalue weighted by Gasteiger charge is 2.32. The first-order valence-electron chi connectivity index (χ1n) is 7.93. The molecule has 0 radical (unpaired) electrons. The van der Waals surface area contributed by atoms with Crippen LogP contribution in [0, 0.1) is 12.3 Å². The lowest BCUT2D eigenvalue weighted by atomic mass is 9.86. The highest BCUT2D eigenvalue weighted by Crippen LogP contribution is 2.42. The topological polar surface area (TPSA) is 114 Å². The van der Waals surface area contributed by atoms with Gasteiger partial charge in [-0.1, -0.05) is 17.7 Å². The van der Waals surface area contributed by atoms with E-state index in [-0.39, 0.29) is 41.0 Å². The zero-order valence-electron chi connectivity index (χ0n) is 14.7. The SMILES string of the molecule is C#CCSc1nc2c(c(=O)[nH]1)[C@H](c1cc(OC)c(O)c(OC)c1)CC(=O)N2. The summed E-state index contributed by atoms with van der Waals surface area (Å²) in [4.78, 5) is 31.9. The summed E-state index contributed by atoms with van der Waals surface area (Å²) in [6.45, 7) is 0. The lowest BCUT2D eigenvalue weighted by Gasteiger charge is -2.25. The number of H-pyrrole nitrogens is 1. The maximum atomic E-state index is 12.7. The van der Waals surface area contributed by atoms with Crippen LogP contribution in [0.2, 0.25) is 0 Å². The van der Waals surface area contributed by atoms with Gasteiger partial charge in [0.15, 0.2) is 16.7 Å². The van der Waals surface area contributed by atoms with Crippen molar-refractivity contribution in [2.24, 2.45) is 0 Å². The number of terminal acetylenes is 1. The average Bonchev–Trinajstić information content (AvgIpc) is 2.65. The summed E-state index contributed by atoms with van der Waals surface area (Å²) in [5.74, 6) is 2.36. The Morgan fingerprint density at radius 1 is 1.33 bits per heavy atom. The number of benzene rings is 1. The molecule has 1 amide bonds. The Kier molecular flexibility index (Phi) is 5.28. The predicted molar refractivity (Wildman–Crippen MR) is 101 cm³/mol. The molecule has 27 heavy (non-hydrogen) atoms. The summed E-state index contributed by atoms with van der Waals surface area (Å²) in [6, 6.07) is 3.15. The van der Waals surface area contributed by atoms with Gasteiger partial charge in [0.25, 0.3) is 5.56 Å². The number of methoxy groups -OCH3 is 2. The summed E-state index contributed by atoms with van der Waals surface area (Å²) in [5.41, 5.74) is 0.555. The molecule has 1 atom stereocenters.